The van der Waals surface area contributed by atoms with Gasteiger partial charge < -0.3 is 14.9 Å². The predicted molar refractivity (Wildman–Crippen MR) is 105 cm³/mol. The number of carbonyl (C=O) groups is 2. The molecule has 0 radical (unpaired) electrons. The SMILES string of the molecule is COC(=O)c1c(C)[nH]c(/C=N/O)c1C(=O)c1ccccc1Cc1ccccc1. The van der Waals surface area contributed by atoms with Crippen LogP contribution in [0.25, 0.3) is 0 Å². The van der Waals surface area contributed by atoms with E-state index in [1.165, 1.54) is 7.11 Å². The van der Waals surface area contributed by atoms with Crippen LogP contribution in [0.2, 0.25) is 0 Å². The maximum atomic E-state index is 13.4. The highest BCUT2D eigenvalue weighted by Crippen LogP contribution is 2.25. The third-order valence-corrected chi connectivity index (χ3v) is 4.52. The fourth-order valence-corrected chi connectivity index (χ4v) is 3.24. The molecule has 6 nitrogen and oxygen atoms in total. The Morgan fingerprint density at radius 1 is 1.07 bits per heavy atom. The molecule has 0 aliphatic carbocycles. The number of hydrogen-bond acceptors (Lipinski definition) is 5. The number of esters is 1. The van der Waals surface area contributed by atoms with Crippen LogP contribution in [0.1, 0.15) is 48.8 Å². The van der Waals surface area contributed by atoms with Gasteiger partial charge in [0.15, 0.2) is 5.78 Å². The predicted octanol–water partition coefficient (Wildman–Crippen LogP) is 3.74. The van der Waals surface area contributed by atoms with Crippen molar-refractivity contribution >= 4 is 18.0 Å². The van der Waals surface area contributed by atoms with Gasteiger partial charge in [-0.05, 0) is 24.5 Å². The number of benzene rings is 2. The number of rotatable bonds is 6. The van der Waals surface area contributed by atoms with Crippen molar-refractivity contribution in [3.05, 3.63) is 93.8 Å². The van der Waals surface area contributed by atoms with Crippen LogP contribution in [0.15, 0.2) is 59.8 Å². The van der Waals surface area contributed by atoms with Gasteiger partial charge in [-0.25, -0.2) is 4.79 Å². The molecule has 0 aliphatic heterocycles. The van der Waals surface area contributed by atoms with Crippen molar-refractivity contribution in [3.63, 3.8) is 0 Å². The van der Waals surface area contributed by atoms with E-state index in [1.54, 1.807) is 19.1 Å². The molecule has 0 fully saturated rings. The highest BCUT2D eigenvalue weighted by molar-refractivity contribution is 6.19. The summed E-state index contributed by atoms with van der Waals surface area (Å²) in [5.74, 6) is -0.971. The lowest BCUT2D eigenvalue weighted by Gasteiger charge is -2.10. The van der Waals surface area contributed by atoms with E-state index in [1.807, 2.05) is 42.5 Å². The van der Waals surface area contributed by atoms with E-state index in [4.69, 9.17) is 9.94 Å². The Morgan fingerprint density at radius 3 is 2.43 bits per heavy atom. The van der Waals surface area contributed by atoms with E-state index in [9.17, 15) is 9.59 Å². The minimum absolute atomic E-state index is 0.127. The molecule has 1 heterocycles. The normalized spacial score (nSPS) is 10.9. The second-order valence-corrected chi connectivity index (χ2v) is 6.30. The number of ketones is 1. The van der Waals surface area contributed by atoms with Gasteiger partial charge in [-0.1, -0.05) is 59.8 Å². The van der Waals surface area contributed by atoms with Crippen molar-refractivity contribution in [2.45, 2.75) is 13.3 Å². The topological polar surface area (TPSA) is 91.8 Å². The maximum absolute atomic E-state index is 13.4. The molecular formula is C22H20N2O4. The second kappa shape index (κ2) is 8.35. The summed E-state index contributed by atoms with van der Waals surface area (Å²) in [4.78, 5) is 28.6. The summed E-state index contributed by atoms with van der Waals surface area (Å²) in [5, 5.41) is 12.0. The lowest BCUT2D eigenvalue weighted by molar-refractivity contribution is 0.0597. The average molecular weight is 376 g/mol. The maximum Gasteiger partial charge on any atom is 0.340 e. The van der Waals surface area contributed by atoms with Crippen LogP contribution in [0.5, 0.6) is 0 Å². The minimum Gasteiger partial charge on any atom is -0.465 e. The number of aromatic amines is 1. The lowest BCUT2D eigenvalue weighted by atomic mass is 9.92. The van der Waals surface area contributed by atoms with E-state index in [-0.39, 0.29) is 22.6 Å². The van der Waals surface area contributed by atoms with Gasteiger partial charge in [0.05, 0.1) is 30.1 Å². The number of aryl methyl sites for hydroxylation is 1. The van der Waals surface area contributed by atoms with Crippen LogP contribution in [-0.4, -0.2) is 35.3 Å². The number of methoxy groups -OCH3 is 1. The third-order valence-electron chi connectivity index (χ3n) is 4.52. The van der Waals surface area contributed by atoms with Gasteiger partial charge in [0.1, 0.15) is 0 Å². The molecule has 0 atom stereocenters. The zero-order valence-electron chi connectivity index (χ0n) is 15.6. The molecule has 0 aliphatic rings. The van der Waals surface area contributed by atoms with Gasteiger partial charge in [-0.2, -0.15) is 0 Å². The Labute approximate surface area is 162 Å². The molecule has 0 saturated carbocycles. The van der Waals surface area contributed by atoms with Gasteiger partial charge in [0, 0.05) is 11.3 Å². The molecule has 0 amide bonds. The van der Waals surface area contributed by atoms with Crippen LogP contribution in [0.3, 0.4) is 0 Å². The number of nitrogens with one attached hydrogen (secondary N) is 1. The lowest BCUT2D eigenvalue weighted by Crippen LogP contribution is -2.13. The molecule has 2 aromatic carbocycles. The average Bonchev–Trinajstić information content (AvgIpc) is 3.04. The number of ether oxygens (including phenoxy) is 1. The number of nitrogens with zero attached hydrogens (tertiary/aromatic N) is 1. The van der Waals surface area contributed by atoms with E-state index in [2.05, 4.69) is 10.1 Å². The Bertz CT molecular complexity index is 1040. The third kappa shape index (κ3) is 3.71. The van der Waals surface area contributed by atoms with E-state index < -0.39 is 5.97 Å². The quantitative estimate of drug-likeness (QED) is 0.225. The van der Waals surface area contributed by atoms with Gasteiger partial charge in [-0.3, -0.25) is 4.79 Å². The second-order valence-electron chi connectivity index (χ2n) is 6.30. The Hall–Kier alpha value is -3.67. The first-order valence-electron chi connectivity index (χ1n) is 8.71. The fourth-order valence-electron chi connectivity index (χ4n) is 3.24. The molecule has 28 heavy (non-hydrogen) atoms. The summed E-state index contributed by atoms with van der Waals surface area (Å²) in [6, 6.07) is 17.1. The highest BCUT2D eigenvalue weighted by atomic mass is 16.5. The van der Waals surface area contributed by atoms with Crippen molar-refractivity contribution in [2.75, 3.05) is 7.11 Å². The fraction of sp³-hybridized carbons (Fsp3) is 0.136. The standard InChI is InChI=1S/C22H20N2O4/c1-14-19(22(26)28-2)20(18(24-14)13-23-27)21(25)17-11-7-6-10-16(17)12-15-8-4-3-5-9-15/h3-11,13,24,27H,12H2,1-2H3/b23-13+. The number of aromatic nitrogens is 1. The van der Waals surface area contributed by atoms with Gasteiger partial charge in [0.25, 0.3) is 0 Å². The van der Waals surface area contributed by atoms with Crippen molar-refractivity contribution in [1.29, 1.82) is 0 Å². The molecular weight excluding hydrogens is 356 g/mol. The summed E-state index contributed by atoms with van der Waals surface area (Å²) in [5.41, 5.74) is 3.35. The molecule has 6 heteroatoms. The molecule has 1 aromatic heterocycles. The number of carbonyl (C=O) groups excluding carboxylic acids is 2. The molecule has 0 unspecified atom stereocenters. The molecule has 3 rings (SSSR count). The first kappa shape index (κ1) is 19.1. The van der Waals surface area contributed by atoms with Crippen molar-refractivity contribution in [1.82, 2.24) is 4.98 Å². The van der Waals surface area contributed by atoms with Crippen molar-refractivity contribution in [2.24, 2.45) is 5.16 Å². The number of oxime groups is 1. The van der Waals surface area contributed by atoms with Gasteiger partial charge in [0.2, 0.25) is 0 Å². The van der Waals surface area contributed by atoms with Crippen LogP contribution in [0.4, 0.5) is 0 Å². The Morgan fingerprint density at radius 2 is 1.75 bits per heavy atom. The molecule has 3 aromatic rings. The Kier molecular flexibility index (Phi) is 5.69. The van der Waals surface area contributed by atoms with E-state index in [0.29, 0.717) is 17.7 Å². The smallest absolute Gasteiger partial charge is 0.340 e. The van der Waals surface area contributed by atoms with Crippen molar-refractivity contribution in [3.8, 4) is 0 Å². The monoisotopic (exact) mass is 376 g/mol. The molecule has 0 bridgehead atoms. The number of H-pyrrole nitrogens is 1. The van der Waals surface area contributed by atoms with Crippen molar-refractivity contribution < 1.29 is 19.5 Å². The van der Waals surface area contributed by atoms with E-state index >= 15 is 0 Å². The number of hydrogen-bond donors (Lipinski definition) is 2. The molecule has 142 valence electrons. The first-order valence-corrected chi connectivity index (χ1v) is 8.71. The Balaban J connectivity index is 2.12. The van der Waals surface area contributed by atoms with Crippen LogP contribution in [0, 0.1) is 6.92 Å². The summed E-state index contributed by atoms with van der Waals surface area (Å²) >= 11 is 0. The van der Waals surface area contributed by atoms with Gasteiger partial charge in [-0.15, -0.1) is 0 Å². The van der Waals surface area contributed by atoms with Gasteiger partial charge >= 0.3 is 5.97 Å². The summed E-state index contributed by atoms with van der Waals surface area (Å²) in [6.45, 7) is 1.66. The van der Waals surface area contributed by atoms with Crippen LogP contribution >= 0.6 is 0 Å². The molecule has 0 spiro atoms. The summed E-state index contributed by atoms with van der Waals surface area (Å²) in [7, 11) is 1.26. The first-order chi connectivity index (χ1) is 13.6. The zero-order valence-corrected chi connectivity index (χ0v) is 15.6. The van der Waals surface area contributed by atoms with E-state index in [0.717, 1.165) is 17.3 Å². The van der Waals surface area contributed by atoms with Crippen LogP contribution in [-0.2, 0) is 11.2 Å². The highest BCUT2D eigenvalue weighted by Gasteiger charge is 2.28. The largest absolute Gasteiger partial charge is 0.465 e. The van der Waals surface area contributed by atoms with Crippen LogP contribution < -0.4 is 0 Å². The zero-order chi connectivity index (χ0) is 20.1. The molecule has 0 saturated heterocycles. The minimum atomic E-state index is -0.629. The molecule has 2 N–H and O–H groups in total. The summed E-state index contributed by atoms with van der Waals surface area (Å²) in [6.07, 6.45) is 1.68. The summed E-state index contributed by atoms with van der Waals surface area (Å²) < 4.78 is 4.84.